The fourth-order valence-corrected chi connectivity index (χ4v) is 3.27. The molecule has 2 atom stereocenters. The van der Waals surface area contributed by atoms with Crippen molar-refractivity contribution in [2.24, 2.45) is 0 Å². The molecule has 0 aromatic heterocycles. The summed E-state index contributed by atoms with van der Waals surface area (Å²) >= 11 is 0. The smallest absolute Gasteiger partial charge is 0.123 e. The maximum atomic E-state index is 5.90. The minimum absolute atomic E-state index is 0.219. The lowest BCUT2D eigenvalue weighted by molar-refractivity contribution is 0.145. The van der Waals surface area contributed by atoms with Crippen LogP contribution in [0.1, 0.15) is 38.7 Å². The topological polar surface area (TPSA) is 30.5 Å². The van der Waals surface area contributed by atoms with Gasteiger partial charge in [-0.25, -0.2) is 0 Å². The highest BCUT2D eigenvalue weighted by Gasteiger charge is 2.37. The van der Waals surface area contributed by atoms with E-state index in [2.05, 4.69) is 37.4 Å². The normalized spacial score (nSPS) is 25.9. The number of rotatable bonds is 7. The van der Waals surface area contributed by atoms with E-state index in [0.717, 1.165) is 12.3 Å². The predicted octanol–water partition coefficient (Wildman–Crippen LogP) is 3.13. The van der Waals surface area contributed by atoms with Gasteiger partial charge in [0.15, 0.2) is 0 Å². The van der Waals surface area contributed by atoms with E-state index in [-0.39, 0.29) is 5.41 Å². The fourth-order valence-electron chi connectivity index (χ4n) is 3.27. The highest BCUT2D eigenvalue weighted by Crippen LogP contribution is 2.44. The molecule has 112 valence electrons. The molecule has 0 heterocycles. The van der Waals surface area contributed by atoms with Crippen LogP contribution in [0, 0.1) is 0 Å². The molecule has 1 saturated carbocycles. The Bertz CT molecular complexity index is 421. The van der Waals surface area contributed by atoms with Crippen molar-refractivity contribution in [1.29, 1.82) is 0 Å². The molecule has 2 unspecified atom stereocenters. The van der Waals surface area contributed by atoms with Crippen molar-refractivity contribution in [3.63, 3.8) is 0 Å². The SMILES string of the molecule is CCNC1CCC(C)(c2ccccc2OCCOC)C1. The molecular weight excluding hydrogens is 250 g/mol. The van der Waals surface area contributed by atoms with E-state index in [0.29, 0.717) is 19.3 Å². The van der Waals surface area contributed by atoms with Crippen molar-refractivity contribution >= 4 is 0 Å². The van der Waals surface area contributed by atoms with E-state index in [1.165, 1.54) is 24.8 Å². The van der Waals surface area contributed by atoms with Gasteiger partial charge in [-0.2, -0.15) is 0 Å². The van der Waals surface area contributed by atoms with Gasteiger partial charge in [0.05, 0.1) is 6.61 Å². The number of hydrogen-bond acceptors (Lipinski definition) is 3. The number of methoxy groups -OCH3 is 1. The van der Waals surface area contributed by atoms with Gasteiger partial charge in [-0.15, -0.1) is 0 Å². The average Bonchev–Trinajstić information content (AvgIpc) is 2.83. The maximum absolute atomic E-state index is 5.90. The van der Waals surface area contributed by atoms with Gasteiger partial charge in [0.2, 0.25) is 0 Å². The van der Waals surface area contributed by atoms with Crippen molar-refractivity contribution in [3.8, 4) is 5.75 Å². The van der Waals surface area contributed by atoms with Crippen LogP contribution >= 0.6 is 0 Å². The molecule has 3 nitrogen and oxygen atoms in total. The molecule has 1 aliphatic carbocycles. The number of ether oxygens (including phenoxy) is 2. The molecule has 1 aliphatic rings. The summed E-state index contributed by atoms with van der Waals surface area (Å²) in [5.74, 6) is 1.02. The molecule has 3 heteroatoms. The molecular formula is C17H27NO2. The minimum Gasteiger partial charge on any atom is -0.491 e. The fraction of sp³-hybridized carbons (Fsp3) is 0.647. The highest BCUT2D eigenvalue weighted by molar-refractivity contribution is 5.40. The number of benzene rings is 1. The second-order valence-electron chi connectivity index (χ2n) is 5.90. The van der Waals surface area contributed by atoms with Crippen molar-refractivity contribution in [3.05, 3.63) is 29.8 Å². The molecule has 1 fully saturated rings. The molecule has 20 heavy (non-hydrogen) atoms. The lowest BCUT2D eigenvalue weighted by atomic mass is 9.80. The molecule has 2 rings (SSSR count). The first-order valence-electron chi connectivity index (χ1n) is 7.64. The third kappa shape index (κ3) is 3.53. The van der Waals surface area contributed by atoms with Crippen molar-refractivity contribution < 1.29 is 9.47 Å². The van der Waals surface area contributed by atoms with Gasteiger partial charge < -0.3 is 14.8 Å². The summed E-state index contributed by atoms with van der Waals surface area (Å²) in [4.78, 5) is 0. The molecule has 1 aromatic carbocycles. The third-order valence-corrected chi connectivity index (χ3v) is 4.32. The summed E-state index contributed by atoms with van der Waals surface area (Å²) in [5, 5.41) is 3.58. The molecule has 0 saturated heterocycles. The van der Waals surface area contributed by atoms with Crippen LogP contribution in [0.2, 0.25) is 0 Å². The molecule has 0 radical (unpaired) electrons. The van der Waals surface area contributed by atoms with Crippen LogP contribution in [0.3, 0.4) is 0 Å². The molecule has 0 bridgehead atoms. The first-order chi connectivity index (χ1) is 9.69. The van der Waals surface area contributed by atoms with Crippen LogP contribution in [0.15, 0.2) is 24.3 Å². The van der Waals surface area contributed by atoms with E-state index in [1.807, 2.05) is 6.07 Å². The minimum atomic E-state index is 0.219. The Balaban J connectivity index is 2.11. The lowest BCUT2D eigenvalue weighted by Crippen LogP contribution is -2.29. The van der Waals surface area contributed by atoms with Crippen molar-refractivity contribution in [2.75, 3.05) is 26.9 Å². The Kier molecular flexibility index (Phi) is 5.44. The highest BCUT2D eigenvalue weighted by atomic mass is 16.5. The van der Waals surface area contributed by atoms with E-state index in [9.17, 15) is 0 Å². The zero-order valence-electron chi connectivity index (χ0n) is 12.9. The van der Waals surface area contributed by atoms with Gasteiger partial charge in [0, 0.05) is 18.7 Å². The first-order valence-corrected chi connectivity index (χ1v) is 7.64. The molecule has 0 aliphatic heterocycles. The van der Waals surface area contributed by atoms with Gasteiger partial charge >= 0.3 is 0 Å². The van der Waals surface area contributed by atoms with Crippen LogP contribution in [0.25, 0.3) is 0 Å². The van der Waals surface area contributed by atoms with Crippen LogP contribution in [-0.2, 0) is 10.2 Å². The predicted molar refractivity (Wildman–Crippen MR) is 82.5 cm³/mol. The van der Waals surface area contributed by atoms with E-state index in [1.54, 1.807) is 7.11 Å². The molecule has 0 spiro atoms. The van der Waals surface area contributed by atoms with Crippen LogP contribution in [0.4, 0.5) is 0 Å². The summed E-state index contributed by atoms with van der Waals surface area (Å²) in [6.07, 6.45) is 3.65. The van der Waals surface area contributed by atoms with Crippen LogP contribution < -0.4 is 10.1 Å². The Morgan fingerprint density at radius 1 is 1.30 bits per heavy atom. The number of para-hydroxylation sites is 1. The summed E-state index contributed by atoms with van der Waals surface area (Å²) in [7, 11) is 1.70. The summed E-state index contributed by atoms with van der Waals surface area (Å²) in [6, 6.07) is 9.10. The zero-order chi connectivity index (χ0) is 14.4. The Labute approximate surface area is 122 Å². The number of nitrogens with one attached hydrogen (secondary N) is 1. The third-order valence-electron chi connectivity index (χ3n) is 4.32. The van der Waals surface area contributed by atoms with Gasteiger partial charge in [-0.3, -0.25) is 0 Å². The standard InChI is InChI=1S/C17H27NO2/c1-4-18-14-9-10-17(2,13-14)15-7-5-6-8-16(15)20-12-11-19-3/h5-8,14,18H,4,9-13H2,1-3H3. The van der Waals surface area contributed by atoms with Crippen molar-refractivity contribution in [2.45, 2.75) is 44.6 Å². The Morgan fingerprint density at radius 2 is 2.10 bits per heavy atom. The largest absolute Gasteiger partial charge is 0.491 e. The van der Waals surface area contributed by atoms with Gasteiger partial charge in [-0.05, 0) is 37.3 Å². The Morgan fingerprint density at radius 3 is 2.85 bits per heavy atom. The summed E-state index contributed by atoms with van der Waals surface area (Å²) in [6.45, 7) is 6.83. The first kappa shape index (κ1) is 15.3. The second-order valence-corrected chi connectivity index (χ2v) is 5.90. The summed E-state index contributed by atoms with van der Waals surface area (Å²) < 4.78 is 11.0. The quantitative estimate of drug-likeness (QED) is 0.777. The van der Waals surface area contributed by atoms with E-state index >= 15 is 0 Å². The van der Waals surface area contributed by atoms with E-state index < -0.39 is 0 Å². The molecule has 0 amide bonds. The second kappa shape index (κ2) is 7.09. The monoisotopic (exact) mass is 277 g/mol. The van der Waals surface area contributed by atoms with Gasteiger partial charge in [-0.1, -0.05) is 32.0 Å². The van der Waals surface area contributed by atoms with Crippen LogP contribution in [0.5, 0.6) is 5.75 Å². The molecule has 1 N–H and O–H groups in total. The molecule has 1 aromatic rings. The summed E-state index contributed by atoms with van der Waals surface area (Å²) in [5.41, 5.74) is 1.56. The Hall–Kier alpha value is -1.06. The van der Waals surface area contributed by atoms with Gasteiger partial charge in [0.25, 0.3) is 0 Å². The zero-order valence-corrected chi connectivity index (χ0v) is 12.9. The lowest BCUT2D eigenvalue weighted by Gasteiger charge is -2.27. The average molecular weight is 277 g/mol. The number of hydrogen-bond donors (Lipinski definition) is 1. The van der Waals surface area contributed by atoms with Gasteiger partial charge in [0.1, 0.15) is 12.4 Å². The van der Waals surface area contributed by atoms with Crippen molar-refractivity contribution in [1.82, 2.24) is 5.32 Å². The van der Waals surface area contributed by atoms with E-state index in [4.69, 9.17) is 9.47 Å². The maximum Gasteiger partial charge on any atom is 0.123 e. The van der Waals surface area contributed by atoms with Crippen LogP contribution in [-0.4, -0.2) is 32.9 Å².